The van der Waals surface area contributed by atoms with Gasteiger partial charge in [0.2, 0.25) is 5.76 Å². The van der Waals surface area contributed by atoms with Gasteiger partial charge in [-0.3, -0.25) is 14.5 Å². The van der Waals surface area contributed by atoms with E-state index >= 15 is 0 Å². The summed E-state index contributed by atoms with van der Waals surface area (Å²) in [6.07, 6.45) is 1.60. The van der Waals surface area contributed by atoms with Crippen LogP contribution in [0.1, 0.15) is 33.3 Å². The third-order valence-corrected chi connectivity index (χ3v) is 6.69. The van der Waals surface area contributed by atoms with Gasteiger partial charge in [-0.1, -0.05) is 11.6 Å². The number of amides is 1. The molecule has 1 atom stereocenters. The average Bonchev–Trinajstić information content (AvgIpc) is 3.41. The van der Waals surface area contributed by atoms with E-state index in [2.05, 4.69) is 4.98 Å². The van der Waals surface area contributed by atoms with Gasteiger partial charge < -0.3 is 13.9 Å². The molecule has 32 heavy (non-hydrogen) atoms. The van der Waals surface area contributed by atoms with Crippen molar-refractivity contribution >= 4 is 44.9 Å². The first-order valence-corrected chi connectivity index (χ1v) is 10.9. The fourth-order valence-corrected chi connectivity index (χ4v) is 4.80. The van der Waals surface area contributed by atoms with Crippen molar-refractivity contribution in [1.29, 1.82) is 0 Å². The summed E-state index contributed by atoms with van der Waals surface area (Å²) >= 11 is 7.58. The molecule has 0 bridgehead atoms. The zero-order chi connectivity index (χ0) is 22.6. The van der Waals surface area contributed by atoms with Gasteiger partial charge in [0.25, 0.3) is 5.91 Å². The minimum Gasteiger partial charge on any atom is -0.497 e. The van der Waals surface area contributed by atoms with E-state index in [0.717, 1.165) is 5.56 Å². The first kappa shape index (κ1) is 20.5. The van der Waals surface area contributed by atoms with Crippen LogP contribution in [0.25, 0.3) is 11.0 Å². The number of aromatic nitrogens is 1. The van der Waals surface area contributed by atoms with Gasteiger partial charge in [0.15, 0.2) is 10.6 Å². The molecule has 0 radical (unpaired) electrons. The predicted molar refractivity (Wildman–Crippen MR) is 123 cm³/mol. The number of ether oxygens (including phenoxy) is 2. The van der Waals surface area contributed by atoms with E-state index in [0.29, 0.717) is 38.2 Å². The van der Waals surface area contributed by atoms with Gasteiger partial charge in [-0.15, -0.1) is 11.3 Å². The van der Waals surface area contributed by atoms with Gasteiger partial charge in [-0.25, -0.2) is 4.98 Å². The summed E-state index contributed by atoms with van der Waals surface area (Å²) in [6.45, 7) is 1.81. The standard InChI is InChI=1S/C23H17ClN2O5S/c1-11-8-17-14(10-15(11)24)20(27)18-19(13-9-12(29-2)4-5-16(13)30-3)26(22(28)21(18)31-17)23-25-6-7-32-23/h4-10,19H,1-3H3. The number of carbonyl (C=O) groups is 1. The summed E-state index contributed by atoms with van der Waals surface area (Å²) in [6, 6.07) is 7.67. The molecule has 5 rings (SSSR count). The van der Waals surface area contributed by atoms with Crippen molar-refractivity contribution in [3.63, 3.8) is 0 Å². The second-order valence-electron chi connectivity index (χ2n) is 7.27. The minimum absolute atomic E-state index is 0.0192. The number of benzene rings is 2. The molecule has 3 heterocycles. The van der Waals surface area contributed by atoms with Crippen molar-refractivity contribution in [3.05, 3.63) is 79.6 Å². The molecular formula is C23H17ClN2O5S. The van der Waals surface area contributed by atoms with Gasteiger partial charge in [0.1, 0.15) is 23.1 Å². The van der Waals surface area contributed by atoms with Crippen LogP contribution < -0.4 is 19.8 Å². The maximum atomic E-state index is 13.7. The highest BCUT2D eigenvalue weighted by molar-refractivity contribution is 7.13. The lowest BCUT2D eigenvalue weighted by Crippen LogP contribution is -2.29. The number of anilines is 1. The molecule has 0 fully saturated rings. The maximum Gasteiger partial charge on any atom is 0.297 e. The summed E-state index contributed by atoms with van der Waals surface area (Å²) in [5.41, 5.74) is 1.52. The van der Waals surface area contributed by atoms with Crippen LogP contribution in [0.4, 0.5) is 5.13 Å². The van der Waals surface area contributed by atoms with Crippen LogP contribution in [-0.2, 0) is 0 Å². The quantitative estimate of drug-likeness (QED) is 0.420. The normalized spacial score (nSPS) is 15.3. The van der Waals surface area contributed by atoms with Crippen LogP contribution in [0.5, 0.6) is 11.5 Å². The SMILES string of the molecule is COc1ccc(OC)c(C2c3c(oc4cc(C)c(Cl)cc4c3=O)C(=O)N2c2nccs2)c1. The first-order chi connectivity index (χ1) is 15.4. The molecule has 1 amide bonds. The third-order valence-electron chi connectivity index (χ3n) is 5.51. The molecule has 0 N–H and O–H groups in total. The van der Waals surface area contributed by atoms with Crippen LogP contribution in [0.15, 0.2) is 51.1 Å². The zero-order valence-electron chi connectivity index (χ0n) is 17.3. The Morgan fingerprint density at radius 1 is 1.16 bits per heavy atom. The molecule has 0 saturated carbocycles. The Labute approximate surface area is 191 Å². The number of aryl methyl sites for hydroxylation is 1. The molecule has 0 spiro atoms. The number of thiazole rings is 1. The largest absolute Gasteiger partial charge is 0.497 e. The van der Waals surface area contributed by atoms with Crippen LogP contribution in [0.3, 0.4) is 0 Å². The molecule has 0 saturated heterocycles. The molecule has 9 heteroatoms. The van der Waals surface area contributed by atoms with Crippen LogP contribution in [-0.4, -0.2) is 25.1 Å². The van der Waals surface area contributed by atoms with Crippen molar-refractivity contribution < 1.29 is 18.7 Å². The van der Waals surface area contributed by atoms with Crippen LogP contribution in [0, 0.1) is 6.92 Å². The molecule has 2 aromatic heterocycles. The minimum atomic E-state index is -0.811. The Morgan fingerprint density at radius 2 is 1.97 bits per heavy atom. The molecule has 7 nitrogen and oxygen atoms in total. The van der Waals surface area contributed by atoms with Crippen molar-refractivity contribution in [1.82, 2.24) is 4.98 Å². The summed E-state index contributed by atoms with van der Waals surface area (Å²) in [7, 11) is 3.08. The molecular weight excluding hydrogens is 452 g/mol. The number of methoxy groups -OCH3 is 2. The predicted octanol–water partition coefficient (Wildman–Crippen LogP) is 4.98. The lowest BCUT2D eigenvalue weighted by atomic mass is 9.97. The van der Waals surface area contributed by atoms with Crippen molar-refractivity contribution in [2.24, 2.45) is 0 Å². The maximum absolute atomic E-state index is 13.7. The van der Waals surface area contributed by atoms with E-state index in [4.69, 9.17) is 25.5 Å². The number of halogens is 1. The Kier molecular flexibility index (Phi) is 4.91. The van der Waals surface area contributed by atoms with E-state index in [-0.39, 0.29) is 16.8 Å². The number of rotatable bonds is 4. The summed E-state index contributed by atoms with van der Waals surface area (Å²) < 4.78 is 17.0. The van der Waals surface area contributed by atoms with Gasteiger partial charge in [0, 0.05) is 22.2 Å². The second kappa shape index (κ2) is 7.65. The topological polar surface area (TPSA) is 81.9 Å². The average molecular weight is 469 g/mol. The number of hydrogen-bond donors (Lipinski definition) is 0. The summed E-state index contributed by atoms with van der Waals surface area (Å²) in [5.74, 6) is 0.592. The number of fused-ring (bicyclic) bond motifs is 2. The number of hydrogen-bond acceptors (Lipinski definition) is 7. The first-order valence-electron chi connectivity index (χ1n) is 9.66. The second-order valence-corrected chi connectivity index (χ2v) is 8.55. The molecule has 1 aliphatic heterocycles. The van der Waals surface area contributed by atoms with Gasteiger partial charge in [-0.2, -0.15) is 0 Å². The fraction of sp³-hybridized carbons (Fsp3) is 0.174. The lowest BCUT2D eigenvalue weighted by molar-refractivity contribution is 0.0970. The molecule has 0 aliphatic carbocycles. The zero-order valence-corrected chi connectivity index (χ0v) is 18.9. The highest BCUT2D eigenvalue weighted by atomic mass is 35.5. The van der Waals surface area contributed by atoms with Gasteiger partial charge >= 0.3 is 0 Å². The van der Waals surface area contributed by atoms with Gasteiger partial charge in [0.05, 0.1) is 25.2 Å². The Morgan fingerprint density at radius 3 is 2.66 bits per heavy atom. The summed E-state index contributed by atoms with van der Waals surface area (Å²) in [4.78, 5) is 33.0. The smallest absolute Gasteiger partial charge is 0.297 e. The van der Waals surface area contributed by atoms with E-state index in [1.54, 1.807) is 49.0 Å². The molecule has 1 aliphatic rings. The molecule has 2 aromatic carbocycles. The Bertz CT molecular complexity index is 1430. The molecule has 1 unspecified atom stereocenters. The number of nitrogens with zero attached hydrogens (tertiary/aromatic N) is 2. The Balaban J connectivity index is 1.87. The number of carbonyl (C=O) groups excluding carboxylic acids is 1. The highest BCUT2D eigenvalue weighted by Crippen LogP contribution is 2.45. The lowest BCUT2D eigenvalue weighted by Gasteiger charge is -2.24. The van der Waals surface area contributed by atoms with E-state index in [1.165, 1.54) is 23.3 Å². The summed E-state index contributed by atoms with van der Waals surface area (Å²) in [5, 5.41) is 2.95. The third kappa shape index (κ3) is 2.98. The van der Waals surface area contributed by atoms with Crippen LogP contribution in [0.2, 0.25) is 5.02 Å². The van der Waals surface area contributed by atoms with E-state index < -0.39 is 11.9 Å². The fourth-order valence-electron chi connectivity index (χ4n) is 3.97. The highest BCUT2D eigenvalue weighted by Gasteiger charge is 2.46. The van der Waals surface area contributed by atoms with Gasteiger partial charge in [-0.05, 0) is 42.8 Å². The molecule has 162 valence electrons. The van der Waals surface area contributed by atoms with Crippen molar-refractivity contribution in [2.45, 2.75) is 13.0 Å². The Hall–Kier alpha value is -3.36. The van der Waals surface area contributed by atoms with Crippen molar-refractivity contribution in [2.75, 3.05) is 19.1 Å². The van der Waals surface area contributed by atoms with Crippen LogP contribution >= 0.6 is 22.9 Å². The molecule has 4 aromatic rings. The van der Waals surface area contributed by atoms with E-state index in [9.17, 15) is 9.59 Å². The monoisotopic (exact) mass is 468 g/mol. The van der Waals surface area contributed by atoms with E-state index in [1.807, 2.05) is 6.92 Å². The van der Waals surface area contributed by atoms with Crippen molar-refractivity contribution in [3.8, 4) is 11.5 Å².